The highest BCUT2D eigenvalue weighted by molar-refractivity contribution is 5.81. The number of nitrogens with two attached hydrogens (primary N) is 1. The molecule has 2 rings (SSSR count). The van der Waals surface area contributed by atoms with E-state index in [0.717, 1.165) is 25.7 Å². The van der Waals surface area contributed by atoms with Gasteiger partial charge >= 0.3 is 0 Å². The minimum atomic E-state index is -1.15. The van der Waals surface area contributed by atoms with Gasteiger partial charge in [0.05, 0.1) is 0 Å². The van der Waals surface area contributed by atoms with E-state index in [9.17, 15) is 9.90 Å². The molecule has 0 heterocycles. The minimum Gasteiger partial charge on any atom is -0.378 e. The van der Waals surface area contributed by atoms with Crippen molar-refractivity contribution < 1.29 is 9.90 Å². The Hall–Kier alpha value is -1.39. The molecule has 0 bridgehead atoms. The molecular weight excluding hydrogens is 228 g/mol. The maximum atomic E-state index is 12.1. The molecule has 0 aromatic heterocycles. The highest BCUT2D eigenvalue weighted by Crippen LogP contribution is 2.23. The maximum Gasteiger partial charge on any atom is 0.270 e. The summed E-state index contributed by atoms with van der Waals surface area (Å²) in [5.74, 6) is 5.44. The van der Waals surface area contributed by atoms with E-state index in [1.165, 1.54) is 11.4 Å². The normalized spacial score (nSPS) is 18.3. The third-order valence-electron chi connectivity index (χ3n) is 3.57. The lowest BCUT2D eigenvalue weighted by Gasteiger charge is -2.31. The summed E-state index contributed by atoms with van der Waals surface area (Å²) >= 11 is 0. The minimum absolute atomic E-state index is 0.0737. The first-order chi connectivity index (χ1) is 8.70. The monoisotopic (exact) mass is 248 g/mol. The van der Waals surface area contributed by atoms with Gasteiger partial charge in [0, 0.05) is 6.04 Å². The van der Waals surface area contributed by atoms with Crippen LogP contribution < -0.4 is 5.84 Å². The van der Waals surface area contributed by atoms with Gasteiger partial charge in [-0.15, -0.1) is 0 Å². The molecule has 1 fully saturated rings. The van der Waals surface area contributed by atoms with E-state index in [4.69, 9.17) is 5.84 Å². The van der Waals surface area contributed by atoms with Crippen molar-refractivity contribution >= 4 is 5.91 Å². The third kappa shape index (κ3) is 2.89. The van der Waals surface area contributed by atoms with Crippen molar-refractivity contribution in [3.8, 4) is 0 Å². The summed E-state index contributed by atoms with van der Waals surface area (Å²) in [6, 6.07) is 8.99. The van der Waals surface area contributed by atoms with Gasteiger partial charge in [0.1, 0.15) is 0 Å². The second-order valence-electron chi connectivity index (χ2n) is 4.85. The fraction of sp³-hybridized carbons (Fsp3) is 0.500. The molecule has 1 aromatic carbocycles. The molecule has 98 valence electrons. The zero-order valence-corrected chi connectivity index (χ0v) is 10.5. The number of aliphatic hydroxyl groups is 1. The molecule has 0 unspecified atom stereocenters. The first-order valence-corrected chi connectivity index (χ1v) is 6.51. The number of nitrogens with zero attached hydrogens (tertiary/aromatic N) is 1. The first-order valence-electron chi connectivity index (χ1n) is 6.51. The van der Waals surface area contributed by atoms with E-state index in [0.29, 0.717) is 5.56 Å². The number of hydrogen-bond acceptors (Lipinski definition) is 3. The van der Waals surface area contributed by atoms with Gasteiger partial charge in [-0.05, 0) is 18.4 Å². The zero-order valence-electron chi connectivity index (χ0n) is 10.5. The summed E-state index contributed by atoms with van der Waals surface area (Å²) in [7, 11) is 0. The summed E-state index contributed by atoms with van der Waals surface area (Å²) < 4.78 is 0. The average Bonchev–Trinajstić information content (AvgIpc) is 2.47. The van der Waals surface area contributed by atoms with Crippen LogP contribution in [0, 0.1) is 0 Å². The van der Waals surface area contributed by atoms with Gasteiger partial charge < -0.3 is 5.11 Å². The van der Waals surface area contributed by atoms with Crippen LogP contribution in [0.4, 0.5) is 0 Å². The Kier molecular flexibility index (Phi) is 4.33. The molecule has 4 nitrogen and oxygen atoms in total. The van der Waals surface area contributed by atoms with Gasteiger partial charge in [0.25, 0.3) is 5.91 Å². The number of benzene rings is 1. The second-order valence-corrected chi connectivity index (χ2v) is 4.85. The van der Waals surface area contributed by atoms with Gasteiger partial charge in [-0.25, -0.2) is 5.84 Å². The molecule has 1 amide bonds. The molecule has 1 aliphatic rings. The van der Waals surface area contributed by atoms with Crippen LogP contribution in [0.25, 0.3) is 0 Å². The van der Waals surface area contributed by atoms with Crippen LogP contribution in [0.1, 0.15) is 43.8 Å². The van der Waals surface area contributed by atoms with Crippen molar-refractivity contribution in [2.24, 2.45) is 5.84 Å². The molecule has 1 aliphatic carbocycles. The van der Waals surface area contributed by atoms with Crippen LogP contribution in [0.15, 0.2) is 30.3 Å². The summed E-state index contributed by atoms with van der Waals surface area (Å²) in [6.07, 6.45) is 4.13. The SMILES string of the molecule is NN(C(=O)[C@H](O)c1ccccc1)C1CCCCC1. The topological polar surface area (TPSA) is 66.6 Å². The smallest absolute Gasteiger partial charge is 0.270 e. The lowest BCUT2D eigenvalue weighted by atomic mass is 9.94. The Morgan fingerprint density at radius 3 is 2.44 bits per heavy atom. The quantitative estimate of drug-likeness (QED) is 0.486. The highest BCUT2D eigenvalue weighted by atomic mass is 16.3. The fourth-order valence-corrected chi connectivity index (χ4v) is 2.46. The lowest BCUT2D eigenvalue weighted by Crippen LogP contribution is -2.48. The highest BCUT2D eigenvalue weighted by Gasteiger charge is 2.28. The molecule has 0 spiro atoms. The predicted octanol–water partition coefficient (Wildman–Crippen LogP) is 1.75. The van der Waals surface area contributed by atoms with Crippen molar-refractivity contribution in [3.63, 3.8) is 0 Å². The van der Waals surface area contributed by atoms with Gasteiger partial charge in [0.15, 0.2) is 6.10 Å². The van der Waals surface area contributed by atoms with Crippen LogP contribution in [-0.2, 0) is 4.79 Å². The Balaban J connectivity index is 2.01. The molecule has 18 heavy (non-hydrogen) atoms. The first kappa shape index (κ1) is 13.1. The van der Waals surface area contributed by atoms with Gasteiger partial charge in [-0.2, -0.15) is 0 Å². The number of carbonyl (C=O) groups excluding carboxylic acids is 1. The number of amides is 1. The number of rotatable bonds is 3. The number of hydrazine groups is 1. The van der Waals surface area contributed by atoms with Crippen molar-refractivity contribution in [1.82, 2.24) is 5.01 Å². The van der Waals surface area contributed by atoms with E-state index < -0.39 is 12.0 Å². The van der Waals surface area contributed by atoms with E-state index >= 15 is 0 Å². The molecule has 0 radical (unpaired) electrons. The maximum absolute atomic E-state index is 12.1. The van der Waals surface area contributed by atoms with Gasteiger partial charge in [0.2, 0.25) is 0 Å². The Bertz CT molecular complexity index is 388. The number of carbonyl (C=O) groups is 1. The molecule has 1 saturated carbocycles. The molecule has 0 aliphatic heterocycles. The molecule has 3 N–H and O–H groups in total. The van der Waals surface area contributed by atoms with E-state index in [1.807, 2.05) is 6.07 Å². The lowest BCUT2D eigenvalue weighted by molar-refractivity contribution is -0.144. The zero-order chi connectivity index (χ0) is 13.0. The standard InChI is InChI=1S/C14H20N2O2/c15-16(12-9-5-2-6-10-12)14(18)13(17)11-7-3-1-4-8-11/h1,3-4,7-8,12-13,17H,2,5-6,9-10,15H2/t13-/m1/s1. The molecule has 0 saturated heterocycles. The molecule has 1 aromatic rings. The van der Waals surface area contributed by atoms with Crippen LogP contribution in [0.5, 0.6) is 0 Å². The second kappa shape index (κ2) is 5.98. The van der Waals surface area contributed by atoms with Crippen LogP contribution in [-0.4, -0.2) is 22.1 Å². The van der Waals surface area contributed by atoms with Crippen molar-refractivity contribution in [2.45, 2.75) is 44.2 Å². The van der Waals surface area contributed by atoms with Crippen molar-refractivity contribution in [3.05, 3.63) is 35.9 Å². The summed E-state index contributed by atoms with van der Waals surface area (Å²) in [5.41, 5.74) is 0.591. The van der Waals surface area contributed by atoms with E-state index in [-0.39, 0.29) is 6.04 Å². The van der Waals surface area contributed by atoms with Crippen LogP contribution in [0.3, 0.4) is 0 Å². The van der Waals surface area contributed by atoms with E-state index in [1.54, 1.807) is 24.3 Å². The number of aliphatic hydroxyl groups excluding tert-OH is 1. The Morgan fingerprint density at radius 2 is 1.83 bits per heavy atom. The van der Waals surface area contributed by atoms with Gasteiger partial charge in [-0.1, -0.05) is 49.6 Å². The molecule has 4 heteroatoms. The summed E-state index contributed by atoms with van der Waals surface area (Å²) in [5, 5.41) is 11.3. The fourth-order valence-electron chi connectivity index (χ4n) is 2.46. The predicted molar refractivity (Wildman–Crippen MR) is 69.3 cm³/mol. The van der Waals surface area contributed by atoms with Crippen LogP contribution >= 0.6 is 0 Å². The number of hydrogen-bond donors (Lipinski definition) is 2. The van der Waals surface area contributed by atoms with E-state index in [2.05, 4.69) is 0 Å². The summed E-state index contributed by atoms with van der Waals surface area (Å²) in [6.45, 7) is 0. The molecule has 1 atom stereocenters. The van der Waals surface area contributed by atoms with Gasteiger partial charge in [-0.3, -0.25) is 9.80 Å². The van der Waals surface area contributed by atoms with Crippen molar-refractivity contribution in [2.75, 3.05) is 0 Å². The average molecular weight is 248 g/mol. The summed E-state index contributed by atoms with van der Waals surface area (Å²) in [4.78, 5) is 12.1. The van der Waals surface area contributed by atoms with Crippen LogP contribution in [0.2, 0.25) is 0 Å². The van der Waals surface area contributed by atoms with Crippen molar-refractivity contribution in [1.29, 1.82) is 0 Å². The molecular formula is C14H20N2O2. The Labute approximate surface area is 107 Å². The Morgan fingerprint density at radius 1 is 1.22 bits per heavy atom. The third-order valence-corrected chi connectivity index (χ3v) is 3.57. The largest absolute Gasteiger partial charge is 0.378 e.